The number of amides is 1. The van der Waals surface area contributed by atoms with E-state index in [0.29, 0.717) is 13.7 Å². The number of allylic oxidation sites excluding steroid dienone is 1. The molecular weight excluding hydrogens is 443 g/mol. The number of thiophene rings is 1. The van der Waals surface area contributed by atoms with E-state index < -0.39 is 5.91 Å². The van der Waals surface area contributed by atoms with E-state index in [1.807, 2.05) is 29.0 Å². The van der Waals surface area contributed by atoms with Gasteiger partial charge in [0, 0.05) is 5.38 Å². The minimum Gasteiger partial charge on any atom is -0.510 e. The number of primary amides is 1. The number of nitrogens with zero attached hydrogens (tertiary/aromatic N) is 4. The summed E-state index contributed by atoms with van der Waals surface area (Å²) in [5, 5.41) is 32.0. The first-order valence-electron chi connectivity index (χ1n) is 7.26. The van der Waals surface area contributed by atoms with Gasteiger partial charge in [0.25, 0.3) is 0 Å². The Morgan fingerprint density at radius 2 is 2.00 bits per heavy atom. The molecule has 0 saturated heterocycles. The molecule has 7 nitrogen and oxygen atoms in total. The van der Waals surface area contributed by atoms with Crippen LogP contribution in [0.15, 0.2) is 37.3 Å². The Hall–Kier alpha value is -1.91. The van der Waals surface area contributed by atoms with Gasteiger partial charge in [0.05, 0.1) is 22.1 Å². The number of nitriles is 1. The third-order valence-corrected chi connectivity index (χ3v) is 7.93. The summed E-state index contributed by atoms with van der Waals surface area (Å²) in [7, 11) is 0. The molecule has 3 aromatic heterocycles. The molecule has 0 bridgehead atoms. The van der Waals surface area contributed by atoms with Crippen LogP contribution in [-0.4, -0.2) is 37.7 Å². The van der Waals surface area contributed by atoms with Crippen LogP contribution in [0.4, 0.5) is 0 Å². The van der Waals surface area contributed by atoms with Gasteiger partial charge in [-0.05, 0) is 11.4 Å². The lowest BCUT2D eigenvalue weighted by Crippen LogP contribution is -2.12. The summed E-state index contributed by atoms with van der Waals surface area (Å²) in [6.07, 6.45) is 0. The predicted molar refractivity (Wildman–Crippen MR) is 111 cm³/mol. The van der Waals surface area contributed by atoms with E-state index in [2.05, 4.69) is 15.2 Å². The van der Waals surface area contributed by atoms with Gasteiger partial charge >= 0.3 is 0 Å². The lowest BCUT2D eigenvalue weighted by molar-refractivity contribution is -0.115. The summed E-state index contributed by atoms with van der Waals surface area (Å²) in [5.41, 5.74) is 6.05. The topological polar surface area (TPSA) is 126 Å². The average Bonchev–Trinajstić information content (AvgIpc) is 3.39. The van der Waals surface area contributed by atoms with Crippen LogP contribution < -0.4 is 5.73 Å². The van der Waals surface area contributed by atoms with Crippen molar-refractivity contribution in [3.63, 3.8) is 0 Å². The standard InChI is InChI=1S/C15H11N5O2S5/c16-4-8(13-18-9(5-24-13)11-2-1-3-23-11)10(21)6-25-14-19-20-15(27-14)26-7-12(17)22/h1-3,5,21H,6-7H2,(H2,17,22)/b10-8-. The molecule has 138 valence electrons. The van der Waals surface area contributed by atoms with Crippen LogP contribution in [0.2, 0.25) is 0 Å². The monoisotopic (exact) mass is 453 g/mol. The van der Waals surface area contributed by atoms with Crippen molar-refractivity contribution in [2.75, 3.05) is 11.5 Å². The van der Waals surface area contributed by atoms with Gasteiger partial charge in [-0.25, -0.2) is 4.98 Å². The molecule has 0 spiro atoms. The molecule has 0 atom stereocenters. The van der Waals surface area contributed by atoms with Crippen molar-refractivity contribution < 1.29 is 9.90 Å². The van der Waals surface area contributed by atoms with Crippen molar-refractivity contribution in [3.8, 4) is 16.6 Å². The second-order valence-corrected chi connectivity index (χ2v) is 10.1. The average molecular weight is 454 g/mol. The Morgan fingerprint density at radius 3 is 2.63 bits per heavy atom. The number of thiazole rings is 1. The quantitative estimate of drug-likeness (QED) is 0.299. The second-order valence-electron chi connectivity index (χ2n) is 4.83. The molecule has 27 heavy (non-hydrogen) atoms. The van der Waals surface area contributed by atoms with Gasteiger partial charge < -0.3 is 10.8 Å². The zero-order valence-electron chi connectivity index (χ0n) is 13.5. The fourth-order valence-electron chi connectivity index (χ4n) is 1.81. The van der Waals surface area contributed by atoms with Gasteiger partial charge in [-0.3, -0.25) is 4.79 Å². The molecule has 3 heterocycles. The molecule has 1 amide bonds. The summed E-state index contributed by atoms with van der Waals surface area (Å²) in [6, 6.07) is 5.92. The summed E-state index contributed by atoms with van der Waals surface area (Å²) in [5.74, 6) is -0.170. The third-order valence-electron chi connectivity index (χ3n) is 2.95. The lowest BCUT2D eigenvalue weighted by Gasteiger charge is -2.00. The van der Waals surface area contributed by atoms with E-state index >= 15 is 0 Å². The highest BCUT2D eigenvalue weighted by Gasteiger charge is 2.15. The van der Waals surface area contributed by atoms with Gasteiger partial charge in [-0.15, -0.1) is 32.9 Å². The molecule has 0 aliphatic heterocycles. The SMILES string of the molecule is N#C/C(=C(/O)CSc1nnc(SCC(N)=O)s1)c1nc(-c2cccs2)cs1. The van der Waals surface area contributed by atoms with Crippen LogP contribution in [0.1, 0.15) is 5.01 Å². The van der Waals surface area contributed by atoms with Gasteiger partial charge in [0.2, 0.25) is 5.91 Å². The molecule has 3 N–H and O–H groups in total. The van der Waals surface area contributed by atoms with Crippen LogP contribution in [0.5, 0.6) is 0 Å². The van der Waals surface area contributed by atoms with Crippen molar-refractivity contribution >= 4 is 69.0 Å². The summed E-state index contributed by atoms with van der Waals surface area (Å²) in [4.78, 5) is 16.3. The number of carbonyl (C=O) groups excluding carboxylic acids is 1. The molecule has 0 aromatic carbocycles. The number of aliphatic hydroxyl groups is 1. The van der Waals surface area contributed by atoms with Crippen molar-refractivity contribution in [2.45, 2.75) is 8.68 Å². The fraction of sp³-hybridized carbons (Fsp3) is 0.133. The minimum atomic E-state index is -0.422. The van der Waals surface area contributed by atoms with Crippen molar-refractivity contribution in [1.82, 2.24) is 15.2 Å². The van der Waals surface area contributed by atoms with Gasteiger partial charge in [-0.1, -0.05) is 40.9 Å². The second kappa shape index (κ2) is 9.34. The Labute approximate surface area is 175 Å². The normalized spacial score (nSPS) is 11.8. The Balaban J connectivity index is 1.67. The van der Waals surface area contributed by atoms with E-state index in [9.17, 15) is 15.2 Å². The van der Waals surface area contributed by atoms with Crippen LogP contribution in [0, 0.1) is 11.3 Å². The van der Waals surface area contributed by atoms with Crippen molar-refractivity contribution in [2.24, 2.45) is 5.73 Å². The Kier molecular flexibility index (Phi) is 6.86. The number of hydrogen-bond acceptors (Lipinski definition) is 11. The van der Waals surface area contributed by atoms with Crippen LogP contribution >= 0.6 is 57.5 Å². The number of thioether (sulfide) groups is 2. The first-order valence-corrected chi connectivity index (χ1v) is 11.8. The maximum atomic E-state index is 10.8. The van der Waals surface area contributed by atoms with E-state index in [1.54, 1.807) is 11.3 Å². The number of carbonyl (C=O) groups is 1. The molecule has 0 fully saturated rings. The number of hydrogen-bond donors (Lipinski definition) is 2. The van der Waals surface area contributed by atoms with Crippen LogP contribution in [0.25, 0.3) is 16.1 Å². The summed E-state index contributed by atoms with van der Waals surface area (Å²) in [6.45, 7) is 0. The highest BCUT2D eigenvalue weighted by Crippen LogP contribution is 2.32. The van der Waals surface area contributed by atoms with Crippen molar-refractivity contribution in [3.05, 3.63) is 33.7 Å². The predicted octanol–water partition coefficient (Wildman–Crippen LogP) is 3.89. The highest BCUT2D eigenvalue weighted by molar-refractivity contribution is 8.03. The fourth-order valence-corrected chi connectivity index (χ4v) is 6.04. The maximum absolute atomic E-state index is 10.8. The van der Waals surface area contributed by atoms with E-state index in [1.165, 1.54) is 46.2 Å². The molecule has 0 aliphatic rings. The zero-order valence-corrected chi connectivity index (χ0v) is 17.6. The number of rotatable bonds is 8. The molecule has 3 aromatic rings. The van der Waals surface area contributed by atoms with E-state index in [0.717, 1.165) is 10.6 Å². The Morgan fingerprint density at radius 1 is 1.26 bits per heavy atom. The van der Waals surface area contributed by atoms with Gasteiger partial charge in [0.15, 0.2) is 8.68 Å². The van der Waals surface area contributed by atoms with Crippen LogP contribution in [-0.2, 0) is 4.79 Å². The summed E-state index contributed by atoms with van der Waals surface area (Å²) >= 11 is 6.66. The molecule has 0 radical (unpaired) electrons. The first kappa shape index (κ1) is 19.8. The molecule has 0 saturated carbocycles. The molecule has 3 rings (SSSR count). The maximum Gasteiger partial charge on any atom is 0.227 e. The van der Waals surface area contributed by atoms with Gasteiger partial charge in [0.1, 0.15) is 22.4 Å². The number of nitrogens with two attached hydrogens (primary N) is 1. The molecule has 0 aliphatic carbocycles. The lowest BCUT2D eigenvalue weighted by atomic mass is 10.2. The molecule has 0 unspecified atom stereocenters. The molecular formula is C15H11N5O2S5. The molecule has 12 heteroatoms. The van der Waals surface area contributed by atoms with Gasteiger partial charge in [-0.2, -0.15) is 5.26 Å². The van der Waals surface area contributed by atoms with Crippen molar-refractivity contribution in [1.29, 1.82) is 5.26 Å². The minimum absolute atomic E-state index is 0.0591. The van der Waals surface area contributed by atoms with E-state index in [4.69, 9.17) is 5.73 Å². The Bertz CT molecular complexity index is 1000. The first-order chi connectivity index (χ1) is 13.1. The summed E-state index contributed by atoms with van der Waals surface area (Å²) < 4.78 is 1.25. The van der Waals surface area contributed by atoms with Crippen LogP contribution in [0.3, 0.4) is 0 Å². The number of aliphatic hydroxyl groups excluding tert-OH is 1. The number of aromatic nitrogens is 3. The van der Waals surface area contributed by atoms with E-state index in [-0.39, 0.29) is 22.8 Å². The smallest absolute Gasteiger partial charge is 0.227 e. The largest absolute Gasteiger partial charge is 0.510 e. The zero-order chi connectivity index (χ0) is 19.2. The third kappa shape index (κ3) is 5.30. The highest BCUT2D eigenvalue weighted by atomic mass is 32.2.